The molecule has 0 aromatic carbocycles. The van der Waals surface area contributed by atoms with E-state index < -0.39 is 5.97 Å². The number of amides is 1. The van der Waals surface area contributed by atoms with Crippen LogP contribution in [0.3, 0.4) is 0 Å². The Morgan fingerprint density at radius 3 is 2.35 bits per heavy atom. The van der Waals surface area contributed by atoms with Crippen molar-refractivity contribution in [1.29, 1.82) is 0 Å². The van der Waals surface area contributed by atoms with Crippen LogP contribution >= 0.6 is 0 Å². The molecule has 1 atom stereocenters. The molecule has 1 unspecified atom stereocenters. The fourth-order valence-electron chi connectivity index (χ4n) is 2.26. The van der Waals surface area contributed by atoms with Gasteiger partial charge in [0.1, 0.15) is 5.78 Å². The van der Waals surface area contributed by atoms with Crippen LogP contribution in [0.5, 0.6) is 0 Å². The van der Waals surface area contributed by atoms with E-state index in [1.165, 1.54) is 0 Å². The Morgan fingerprint density at radius 2 is 1.73 bits per heavy atom. The van der Waals surface area contributed by atoms with Crippen LogP contribution in [-0.2, 0) is 19.1 Å². The molecule has 1 amide bonds. The molecule has 0 rings (SSSR count). The molecule has 0 saturated carbocycles. The van der Waals surface area contributed by atoms with Gasteiger partial charge in [0.2, 0.25) is 5.91 Å². The van der Waals surface area contributed by atoms with E-state index in [-0.39, 0.29) is 24.2 Å². The summed E-state index contributed by atoms with van der Waals surface area (Å²) >= 11 is 0. The van der Waals surface area contributed by atoms with E-state index in [2.05, 4.69) is 16.8 Å². The van der Waals surface area contributed by atoms with Crippen molar-refractivity contribution >= 4 is 17.7 Å². The van der Waals surface area contributed by atoms with E-state index in [1.54, 1.807) is 6.92 Å². The van der Waals surface area contributed by atoms with Crippen molar-refractivity contribution < 1.29 is 19.1 Å². The lowest BCUT2D eigenvalue weighted by Gasteiger charge is -2.17. The van der Waals surface area contributed by atoms with Crippen molar-refractivity contribution in [2.45, 2.75) is 59.3 Å². The zero-order valence-electron chi connectivity index (χ0n) is 16.9. The SMILES string of the molecule is C=C(C)C(=O)OCCCC(=O)CCCN(C)CCCNC(=O)C(C)CC. The first kappa shape index (κ1) is 24.3. The number of nitrogens with one attached hydrogen (secondary N) is 1. The highest BCUT2D eigenvalue weighted by atomic mass is 16.5. The van der Waals surface area contributed by atoms with Crippen molar-refractivity contribution in [3.05, 3.63) is 12.2 Å². The van der Waals surface area contributed by atoms with Crippen LogP contribution in [0.1, 0.15) is 59.3 Å². The van der Waals surface area contributed by atoms with Crippen LogP contribution in [-0.4, -0.2) is 55.8 Å². The van der Waals surface area contributed by atoms with Gasteiger partial charge < -0.3 is 15.0 Å². The maximum Gasteiger partial charge on any atom is 0.333 e. The van der Waals surface area contributed by atoms with Crippen LogP contribution < -0.4 is 5.32 Å². The van der Waals surface area contributed by atoms with Gasteiger partial charge in [0.05, 0.1) is 6.61 Å². The summed E-state index contributed by atoms with van der Waals surface area (Å²) in [7, 11) is 2.03. The van der Waals surface area contributed by atoms with E-state index in [4.69, 9.17) is 4.74 Å². The Kier molecular flexibility index (Phi) is 13.5. The molecular weight excluding hydrogens is 332 g/mol. The molecule has 6 heteroatoms. The average molecular weight is 369 g/mol. The minimum Gasteiger partial charge on any atom is -0.462 e. The van der Waals surface area contributed by atoms with Crippen LogP contribution in [0.15, 0.2) is 12.2 Å². The molecule has 0 fully saturated rings. The molecule has 150 valence electrons. The normalized spacial score (nSPS) is 11.9. The standard InChI is InChI=1S/C20H36N2O4/c1-6-17(4)19(24)21-12-9-14-22(5)13-7-10-18(23)11-8-15-26-20(25)16(2)3/h17H,2,6-15H2,1,3-5H3,(H,21,24). The third kappa shape index (κ3) is 12.6. The molecule has 0 heterocycles. The number of esters is 1. The monoisotopic (exact) mass is 368 g/mol. The smallest absolute Gasteiger partial charge is 0.333 e. The second-order valence-corrected chi connectivity index (χ2v) is 6.92. The zero-order valence-corrected chi connectivity index (χ0v) is 16.9. The van der Waals surface area contributed by atoms with Gasteiger partial charge in [-0.15, -0.1) is 0 Å². The van der Waals surface area contributed by atoms with Gasteiger partial charge in [-0.25, -0.2) is 4.79 Å². The fourth-order valence-corrected chi connectivity index (χ4v) is 2.26. The van der Waals surface area contributed by atoms with Gasteiger partial charge in [0, 0.05) is 30.9 Å². The highest BCUT2D eigenvalue weighted by molar-refractivity contribution is 5.86. The molecule has 0 aliphatic rings. The molecule has 0 aromatic heterocycles. The average Bonchev–Trinajstić information content (AvgIpc) is 2.61. The highest BCUT2D eigenvalue weighted by Gasteiger charge is 2.09. The van der Waals surface area contributed by atoms with Gasteiger partial charge in [-0.2, -0.15) is 0 Å². The summed E-state index contributed by atoms with van der Waals surface area (Å²) in [6.45, 7) is 11.8. The van der Waals surface area contributed by atoms with Gasteiger partial charge in [-0.1, -0.05) is 20.4 Å². The lowest BCUT2D eigenvalue weighted by Crippen LogP contribution is -2.32. The van der Waals surface area contributed by atoms with Gasteiger partial charge in [0.25, 0.3) is 0 Å². The first-order valence-electron chi connectivity index (χ1n) is 9.58. The van der Waals surface area contributed by atoms with E-state index in [0.29, 0.717) is 31.4 Å². The Labute approximate surface area is 158 Å². The molecule has 0 aromatic rings. The van der Waals surface area contributed by atoms with Crippen LogP contribution in [0.25, 0.3) is 0 Å². The number of carbonyl (C=O) groups excluding carboxylic acids is 3. The van der Waals surface area contributed by atoms with Gasteiger partial charge in [-0.05, 0) is 52.7 Å². The molecule has 0 radical (unpaired) electrons. The number of hydrogen-bond donors (Lipinski definition) is 1. The summed E-state index contributed by atoms with van der Waals surface area (Å²) in [6.07, 6.45) is 4.12. The Hall–Kier alpha value is -1.69. The molecule has 0 aliphatic carbocycles. The summed E-state index contributed by atoms with van der Waals surface area (Å²) in [5.41, 5.74) is 0.374. The summed E-state index contributed by atoms with van der Waals surface area (Å²) in [4.78, 5) is 36.8. The number of ketones is 1. The Balaban J connectivity index is 3.61. The minimum atomic E-state index is -0.403. The number of nitrogens with zero attached hydrogens (tertiary/aromatic N) is 1. The number of rotatable bonds is 15. The predicted molar refractivity (Wildman–Crippen MR) is 104 cm³/mol. The van der Waals surface area contributed by atoms with Crippen molar-refractivity contribution in [1.82, 2.24) is 10.2 Å². The zero-order chi connectivity index (χ0) is 19.9. The molecule has 0 aliphatic heterocycles. The summed E-state index contributed by atoms with van der Waals surface area (Å²) < 4.78 is 4.96. The third-order valence-corrected chi connectivity index (χ3v) is 4.25. The predicted octanol–water partition coefficient (Wildman–Crippen LogP) is 2.72. The maximum absolute atomic E-state index is 11.8. The molecule has 0 saturated heterocycles. The highest BCUT2D eigenvalue weighted by Crippen LogP contribution is 2.03. The summed E-state index contributed by atoms with van der Waals surface area (Å²) in [6, 6.07) is 0. The molecule has 0 bridgehead atoms. The molecular formula is C20H36N2O4. The van der Waals surface area contributed by atoms with E-state index in [1.807, 2.05) is 20.9 Å². The van der Waals surface area contributed by atoms with Crippen LogP contribution in [0.4, 0.5) is 0 Å². The Morgan fingerprint density at radius 1 is 1.12 bits per heavy atom. The summed E-state index contributed by atoms with van der Waals surface area (Å²) in [5.74, 6) is -0.0113. The fraction of sp³-hybridized carbons (Fsp3) is 0.750. The molecule has 6 nitrogen and oxygen atoms in total. The maximum atomic E-state index is 11.8. The molecule has 0 spiro atoms. The van der Waals surface area contributed by atoms with E-state index in [0.717, 1.165) is 32.4 Å². The first-order chi connectivity index (χ1) is 12.3. The van der Waals surface area contributed by atoms with E-state index in [9.17, 15) is 14.4 Å². The van der Waals surface area contributed by atoms with Crippen molar-refractivity contribution in [2.75, 3.05) is 33.3 Å². The lowest BCUT2D eigenvalue weighted by molar-refractivity contribution is -0.139. The van der Waals surface area contributed by atoms with Gasteiger partial charge in [-0.3, -0.25) is 9.59 Å². The van der Waals surface area contributed by atoms with Crippen molar-refractivity contribution in [3.63, 3.8) is 0 Å². The third-order valence-electron chi connectivity index (χ3n) is 4.25. The van der Waals surface area contributed by atoms with Crippen LogP contribution in [0.2, 0.25) is 0 Å². The molecule has 1 N–H and O–H groups in total. The number of ether oxygens (including phenoxy) is 1. The minimum absolute atomic E-state index is 0.0723. The quantitative estimate of drug-likeness (QED) is 0.273. The number of carbonyl (C=O) groups is 3. The first-order valence-corrected chi connectivity index (χ1v) is 9.58. The van der Waals surface area contributed by atoms with E-state index >= 15 is 0 Å². The molecule has 26 heavy (non-hydrogen) atoms. The second kappa shape index (κ2) is 14.5. The lowest BCUT2D eigenvalue weighted by atomic mass is 10.1. The van der Waals surface area contributed by atoms with Crippen molar-refractivity contribution in [2.24, 2.45) is 5.92 Å². The van der Waals surface area contributed by atoms with Gasteiger partial charge in [0.15, 0.2) is 0 Å². The number of hydrogen-bond acceptors (Lipinski definition) is 5. The Bertz CT molecular complexity index is 463. The topological polar surface area (TPSA) is 75.7 Å². The summed E-state index contributed by atoms with van der Waals surface area (Å²) in [5, 5.41) is 2.95. The van der Waals surface area contributed by atoms with Crippen LogP contribution in [0, 0.1) is 5.92 Å². The largest absolute Gasteiger partial charge is 0.462 e. The second-order valence-electron chi connectivity index (χ2n) is 6.92. The van der Waals surface area contributed by atoms with Crippen molar-refractivity contribution in [3.8, 4) is 0 Å². The number of Topliss-reactive ketones (excluding diaryl/α,β-unsaturated/α-hetero) is 1. The van der Waals surface area contributed by atoms with Gasteiger partial charge >= 0.3 is 5.97 Å².